The van der Waals surface area contributed by atoms with Crippen LogP contribution >= 0.6 is 0 Å². The van der Waals surface area contributed by atoms with Gasteiger partial charge in [0.25, 0.3) is 5.91 Å². The molecule has 0 saturated carbocycles. The van der Waals surface area contributed by atoms with E-state index in [9.17, 15) is 13.2 Å². The number of amides is 1. The number of carbonyl (C=O) groups is 1. The molecule has 3 aromatic rings. The monoisotopic (exact) mass is 397 g/mol. The standard InChI is InChI=1S/C19H19N5O3S/c1-24(14-7-9-28(26,27)12-14)19(25)16-10-22-17(11-21-16)23-15-6-2-4-13-5-3-8-20-18(13)15/h2-6,8,10-11,14H,7,9,12H2,1H3,(H,22,23). The first-order valence-electron chi connectivity index (χ1n) is 8.83. The molecular weight excluding hydrogens is 378 g/mol. The van der Waals surface area contributed by atoms with Crippen LogP contribution in [-0.4, -0.2) is 58.8 Å². The summed E-state index contributed by atoms with van der Waals surface area (Å²) >= 11 is 0. The number of para-hydroxylation sites is 1. The fourth-order valence-corrected chi connectivity index (χ4v) is 5.05. The topological polar surface area (TPSA) is 105 Å². The van der Waals surface area contributed by atoms with Gasteiger partial charge in [-0.1, -0.05) is 18.2 Å². The van der Waals surface area contributed by atoms with Crippen LogP contribution in [-0.2, 0) is 9.84 Å². The van der Waals surface area contributed by atoms with Crippen molar-refractivity contribution in [2.75, 3.05) is 23.9 Å². The lowest BCUT2D eigenvalue weighted by Crippen LogP contribution is -2.38. The van der Waals surface area contributed by atoms with E-state index in [2.05, 4.69) is 20.3 Å². The molecule has 1 aliphatic heterocycles. The fraction of sp³-hybridized carbons (Fsp3) is 0.263. The molecule has 1 aromatic carbocycles. The van der Waals surface area contributed by atoms with E-state index in [1.165, 1.54) is 17.3 Å². The molecule has 1 unspecified atom stereocenters. The number of carbonyl (C=O) groups excluding carboxylic acids is 1. The van der Waals surface area contributed by atoms with Gasteiger partial charge >= 0.3 is 0 Å². The molecule has 8 nitrogen and oxygen atoms in total. The van der Waals surface area contributed by atoms with Gasteiger partial charge < -0.3 is 10.2 Å². The van der Waals surface area contributed by atoms with E-state index in [0.717, 1.165) is 16.6 Å². The number of benzene rings is 1. The van der Waals surface area contributed by atoms with E-state index < -0.39 is 9.84 Å². The van der Waals surface area contributed by atoms with Crippen molar-refractivity contribution in [1.82, 2.24) is 19.9 Å². The van der Waals surface area contributed by atoms with Gasteiger partial charge in [-0.05, 0) is 18.6 Å². The van der Waals surface area contributed by atoms with Gasteiger partial charge in [0.1, 0.15) is 11.5 Å². The molecule has 0 bridgehead atoms. The zero-order chi connectivity index (χ0) is 19.7. The SMILES string of the molecule is CN(C(=O)c1cnc(Nc2cccc3cccnc23)cn1)C1CCS(=O)(=O)C1. The summed E-state index contributed by atoms with van der Waals surface area (Å²) in [5, 5.41) is 4.17. The maximum atomic E-state index is 12.6. The van der Waals surface area contributed by atoms with Crippen LogP contribution in [0, 0.1) is 0 Å². The van der Waals surface area contributed by atoms with E-state index in [1.807, 2.05) is 30.3 Å². The molecule has 0 spiro atoms. The zero-order valence-electron chi connectivity index (χ0n) is 15.2. The van der Waals surface area contributed by atoms with Crippen LogP contribution < -0.4 is 5.32 Å². The minimum Gasteiger partial charge on any atom is -0.337 e. The summed E-state index contributed by atoms with van der Waals surface area (Å²) in [6.45, 7) is 0. The van der Waals surface area contributed by atoms with Crippen LogP contribution in [0.5, 0.6) is 0 Å². The first kappa shape index (κ1) is 18.3. The van der Waals surface area contributed by atoms with Crippen molar-refractivity contribution < 1.29 is 13.2 Å². The number of anilines is 2. The highest BCUT2D eigenvalue weighted by Crippen LogP contribution is 2.23. The molecular formula is C19H19N5O3S. The molecule has 144 valence electrons. The first-order valence-corrected chi connectivity index (χ1v) is 10.7. The molecule has 2 aromatic heterocycles. The van der Waals surface area contributed by atoms with Gasteiger partial charge in [-0.25, -0.2) is 18.4 Å². The smallest absolute Gasteiger partial charge is 0.274 e. The van der Waals surface area contributed by atoms with Crippen molar-refractivity contribution in [2.45, 2.75) is 12.5 Å². The Balaban J connectivity index is 1.50. The third kappa shape index (κ3) is 3.65. The van der Waals surface area contributed by atoms with Crippen molar-refractivity contribution in [3.8, 4) is 0 Å². The summed E-state index contributed by atoms with van der Waals surface area (Å²) < 4.78 is 23.3. The number of sulfone groups is 1. The fourth-order valence-electron chi connectivity index (χ4n) is 3.27. The van der Waals surface area contributed by atoms with Crippen LogP contribution in [0.3, 0.4) is 0 Å². The van der Waals surface area contributed by atoms with E-state index in [0.29, 0.717) is 12.2 Å². The summed E-state index contributed by atoms with van der Waals surface area (Å²) in [7, 11) is -1.46. The number of nitrogens with zero attached hydrogens (tertiary/aromatic N) is 4. The largest absolute Gasteiger partial charge is 0.337 e. The predicted molar refractivity (Wildman–Crippen MR) is 106 cm³/mol. The number of nitrogens with one attached hydrogen (secondary N) is 1. The Hall–Kier alpha value is -3.07. The van der Waals surface area contributed by atoms with Gasteiger partial charge in [0, 0.05) is 24.7 Å². The molecule has 28 heavy (non-hydrogen) atoms. The number of aromatic nitrogens is 3. The maximum Gasteiger partial charge on any atom is 0.274 e. The third-order valence-electron chi connectivity index (χ3n) is 4.84. The summed E-state index contributed by atoms with van der Waals surface area (Å²) in [5.41, 5.74) is 1.78. The summed E-state index contributed by atoms with van der Waals surface area (Å²) in [6, 6.07) is 9.31. The minimum atomic E-state index is -3.06. The quantitative estimate of drug-likeness (QED) is 0.718. The number of rotatable bonds is 4. The highest BCUT2D eigenvalue weighted by molar-refractivity contribution is 7.91. The van der Waals surface area contributed by atoms with Crippen LogP contribution in [0.15, 0.2) is 48.9 Å². The molecule has 1 saturated heterocycles. The predicted octanol–water partition coefficient (Wildman–Crippen LogP) is 2.03. The Morgan fingerprint density at radius 1 is 1.14 bits per heavy atom. The molecule has 0 radical (unpaired) electrons. The van der Waals surface area contributed by atoms with E-state index >= 15 is 0 Å². The van der Waals surface area contributed by atoms with Gasteiger partial charge in [0.05, 0.1) is 35.1 Å². The molecule has 3 heterocycles. The molecule has 1 atom stereocenters. The Morgan fingerprint density at radius 2 is 1.96 bits per heavy atom. The van der Waals surface area contributed by atoms with Crippen molar-refractivity contribution in [2.24, 2.45) is 0 Å². The number of fused-ring (bicyclic) bond motifs is 1. The van der Waals surface area contributed by atoms with Crippen molar-refractivity contribution in [3.05, 3.63) is 54.6 Å². The lowest BCUT2D eigenvalue weighted by atomic mass is 10.2. The highest BCUT2D eigenvalue weighted by atomic mass is 32.2. The molecule has 1 aliphatic rings. The lowest BCUT2D eigenvalue weighted by Gasteiger charge is -2.22. The van der Waals surface area contributed by atoms with Crippen LogP contribution in [0.25, 0.3) is 10.9 Å². The normalized spacial score (nSPS) is 18.1. The summed E-state index contributed by atoms with van der Waals surface area (Å²) in [4.78, 5) is 26.9. The third-order valence-corrected chi connectivity index (χ3v) is 6.59. The average molecular weight is 397 g/mol. The summed E-state index contributed by atoms with van der Waals surface area (Å²) in [5.74, 6) is 0.257. The first-order chi connectivity index (χ1) is 13.4. The highest BCUT2D eigenvalue weighted by Gasteiger charge is 2.33. The van der Waals surface area contributed by atoms with Gasteiger partial charge in [-0.15, -0.1) is 0 Å². The molecule has 9 heteroatoms. The Kier molecular flexibility index (Phi) is 4.68. The molecule has 4 rings (SSSR count). The van der Waals surface area contributed by atoms with E-state index in [-0.39, 0.29) is 29.1 Å². The number of pyridine rings is 1. The Bertz CT molecular complexity index is 1130. The Labute approximate surface area is 162 Å². The maximum absolute atomic E-state index is 12.6. The minimum absolute atomic E-state index is 0.00358. The molecule has 1 amide bonds. The van der Waals surface area contributed by atoms with Gasteiger partial charge in [0.15, 0.2) is 9.84 Å². The summed E-state index contributed by atoms with van der Waals surface area (Å²) in [6.07, 6.45) is 5.04. The molecule has 1 fully saturated rings. The molecule has 1 N–H and O–H groups in total. The van der Waals surface area contributed by atoms with E-state index in [4.69, 9.17) is 0 Å². The number of hydrogen-bond donors (Lipinski definition) is 1. The lowest BCUT2D eigenvalue weighted by molar-refractivity contribution is 0.0741. The van der Waals surface area contributed by atoms with Gasteiger partial charge in [0.2, 0.25) is 0 Å². The zero-order valence-corrected chi connectivity index (χ0v) is 16.1. The average Bonchev–Trinajstić information content (AvgIpc) is 3.07. The second-order valence-corrected chi connectivity index (χ2v) is 8.99. The van der Waals surface area contributed by atoms with E-state index in [1.54, 1.807) is 13.2 Å². The van der Waals surface area contributed by atoms with Crippen LogP contribution in [0.1, 0.15) is 16.9 Å². The van der Waals surface area contributed by atoms with Crippen molar-refractivity contribution >= 4 is 38.2 Å². The number of hydrogen-bond acceptors (Lipinski definition) is 7. The van der Waals surface area contributed by atoms with Crippen LogP contribution in [0.2, 0.25) is 0 Å². The van der Waals surface area contributed by atoms with Crippen LogP contribution in [0.4, 0.5) is 11.5 Å². The van der Waals surface area contributed by atoms with Gasteiger partial charge in [-0.2, -0.15) is 0 Å². The molecule has 0 aliphatic carbocycles. The van der Waals surface area contributed by atoms with Crippen molar-refractivity contribution in [1.29, 1.82) is 0 Å². The Morgan fingerprint density at radius 3 is 2.68 bits per heavy atom. The second-order valence-electron chi connectivity index (χ2n) is 6.77. The second kappa shape index (κ2) is 7.16. The van der Waals surface area contributed by atoms with Gasteiger partial charge in [-0.3, -0.25) is 9.78 Å². The van der Waals surface area contributed by atoms with Crippen molar-refractivity contribution in [3.63, 3.8) is 0 Å².